The Hall–Kier alpha value is -1.13. The quantitative estimate of drug-likeness (QED) is 0.523. The number of hydrogen-bond donors (Lipinski definition) is 0. The summed E-state index contributed by atoms with van der Waals surface area (Å²) in [6.07, 6.45) is 0. The number of rotatable bonds is 0. The van der Waals surface area contributed by atoms with Crippen LogP contribution in [0.25, 0.3) is 21.5 Å². The molecule has 0 aliphatic carbocycles. The summed E-state index contributed by atoms with van der Waals surface area (Å²) in [6.45, 7) is 0. The molecule has 3 rings (SSSR count). The van der Waals surface area contributed by atoms with E-state index in [9.17, 15) is 0 Å². The molecule has 0 radical (unpaired) electrons. The number of benzene rings is 3. The summed E-state index contributed by atoms with van der Waals surface area (Å²) >= 11 is 0. The van der Waals surface area contributed by atoms with Crippen LogP contribution in [0.1, 0.15) is 0 Å². The van der Waals surface area contributed by atoms with Crippen LogP contribution < -0.4 is 0 Å². The third-order valence-corrected chi connectivity index (χ3v) is 2.61. The van der Waals surface area contributed by atoms with Gasteiger partial charge >= 0.3 is 0 Å². The van der Waals surface area contributed by atoms with Crippen molar-refractivity contribution < 1.29 is 21.1 Å². The molecule has 0 N–H and O–H groups in total. The topological polar surface area (TPSA) is 0 Å². The molecule has 0 spiro atoms. The van der Waals surface area contributed by atoms with Crippen molar-refractivity contribution >= 4 is 21.5 Å². The molecule has 76 valence electrons. The van der Waals surface area contributed by atoms with Crippen molar-refractivity contribution in [3.63, 3.8) is 0 Å². The van der Waals surface area contributed by atoms with Gasteiger partial charge in [0.1, 0.15) is 0 Å². The SMILES string of the molecule is [Pt].c1ccc2cc3ccccc3cc2c1. The molecule has 3 aromatic carbocycles. The van der Waals surface area contributed by atoms with Crippen molar-refractivity contribution in [3.05, 3.63) is 60.7 Å². The first-order valence-corrected chi connectivity index (χ1v) is 4.81. The maximum Gasteiger partial charge on any atom is 0 e. The minimum Gasteiger partial charge on any atom is -0.0616 e. The second-order valence-electron chi connectivity index (χ2n) is 3.55. The van der Waals surface area contributed by atoms with Crippen LogP contribution in [0.5, 0.6) is 0 Å². The van der Waals surface area contributed by atoms with E-state index >= 15 is 0 Å². The summed E-state index contributed by atoms with van der Waals surface area (Å²) in [5, 5.41) is 5.25. The molecule has 0 saturated heterocycles. The summed E-state index contributed by atoms with van der Waals surface area (Å²) < 4.78 is 0. The van der Waals surface area contributed by atoms with E-state index in [0.717, 1.165) is 0 Å². The van der Waals surface area contributed by atoms with Crippen LogP contribution in [-0.4, -0.2) is 0 Å². The Morgan fingerprint density at radius 3 is 1.00 bits per heavy atom. The summed E-state index contributed by atoms with van der Waals surface area (Å²) in [4.78, 5) is 0. The van der Waals surface area contributed by atoms with Crippen molar-refractivity contribution in [2.75, 3.05) is 0 Å². The Kier molecular flexibility index (Phi) is 2.88. The zero-order chi connectivity index (χ0) is 9.38. The third-order valence-electron chi connectivity index (χ3n) is 2.61. The fourth-order valence-electron chi connectivity index (χ4n) is 1.88. The van der Waals surface area contributed by atoms with Crippen molar-refractivity contribution in [1.82, 2.24) is 0 Å². The summed E-state index contributed by atoms with van der Waals surface area (Å²) in [5.74, 6) is 0. The number of fused-ring (bicyclic) bond motifs is 2. The fourth-order valence-corrected chi connectivity index (χ4v) is 1.88. The molecule has 0 saturated carbocycles. The van der Waals surface area contributed by atoms with Crippen LogP contribution in [0, 0.1) is 0 Å². The first kappa shape index (κ1) is 10.4. The average molecular weight is 373 g/mol. The maximum atomic E-state index is 2.24. The molecule has 0 unspecified atom stereocenters. The standard InChI is InChI=1S/C14H10.Pt/c1-2-6-12-10-14-8-4-3-7-13(14)9-11(12)5-1;/h1-10H;. The van der Waals surface area contributed by atoms with E-state index < -0.39 is 0 Å². The zero-order valence-electron chi connectivity index (χ0n) is 8.09. The van der Waals surface area contributed by atoms with E-state index in [2.05, 4.69) is 60.7 Å². The fraction of sp³-hybridized carbons (Fsp3) is 0. The van der Waals surface area contributed by atoms with E-state index in [1.54, 1.807) is 0 Å². The minimum atomic E-state index is 0. The van der Waals surface area contributed by atoms with Crippen LogP contribution in [0.2, 0.25) is 0 Å². The van der Waals surface area contributed by atoms with Crippen LogP contribution in [-0.2, 0) is 21.1 Å². The van der Waals surface area contributed by atoms with E-state index in [0.29, 0.717) is 0 Å². The summed E-state index contributed by atoms with van der Waals surface area (Å²) in [6, 6.07) is 21.4. The normalized spacial score (nSPS) is 10.1. The van der Waals surface area contributed by atoms with E-state index in [-0.39, 0.29) is 21.1 Å². The monoisotopic (exact) mass is 373 g/mol. The molecule has 0 nitrogen and oxygen atoms in total. The smallest absolute Gasteiger partial charge is 0 e. The van der Waals surface area contributed by atoms with Gasteiger partial charge in [-0.2, -0.15) is 0 Å². The maximum absolute atomic E-state index is 2.24. The van der Waals surface area contributed by atoms with Gasteiger partial charge in [0, 0.05) is 21.1 Å². The predicted molar refractivity (Wildman–Crippen MR) is 61.5 cm³/mol. The van der Waals surface area contributed by atoms with E-state index in [1.165, 1.54) is 21.5 Å². The Labute approximate surface area is 103 Å². The summed E-state index contributed by atoms with van der Waals surface area (Å²) in [5.41, 5.74) is 0. The molecule has 3 aromatic rings. The first-order valence-electron chi connectivity index (χ1n) is 4.81. The average Bonchev–Trinajstić information content (AvgIpc) is 2.26. The molecule has 0 aromatic heterocycles. The summed E-state index contributed by atoms with van der Waals surface area (Å²) in [7, 11) is 0. The Morgan fingerprint density at radius 2 is 0.733 bits per heavy atom. The van der Waals surface area contributed by atoms with E-state index in [4.69, 9.17) is 0 Å². The van der Waals surface area contributed by atoms with Gasteiger partial charge in [-0.15, -0.1) is 0 Å². The van der Waals surface area contributed by atoms with Gasteiger partial charge in [0.05, 0.1) is 0 Å². The van der Waals surface area contributed by atoms with Gasteiger partial charge < -0.3 is 0 Å². The molecule has 15 heavy (non-hydrogen) atoms. The van der Waals surface area contributed by atoms with Gasteiger partial charge in [-0.1, -0.05) is 48.5 Å². The third kappa shape index (κ3) is 1.82. The molecule has 0 fully saturated rings. The van der Waals surface area contributed by atoms with Crippen LogP contribution in [0.15, 0.2) is 60.7 Å². The van der Waals surface area contributed by atoms with Crippen molar-refractivity contribution in [1.29, 1.82) is 0 Å². The Morgan fingerprint density at radius 1 is 0.467 bits per heavy atom. The molecular weight excluding hydrogens is 363 g/mol. The predicted octanol–water partition coefficient (Wildman–Crippen LogP) is 3.99. The second kappa shape index (κ2) is 4.16. The Balaban J connectivity index is 0.000000853. The van der Waals surface area contributed by atoms with Gasteiger partial charge in [0.2, 0.25) is 0 Å². The molecule has 1 heteroatoms. The molecule has 0 bridgehead atoms. The van der Waals surface area contributed by atoms with Crippen LogP contribution in [0.3, 0.4) is 0 Å². The molecule has 0 aliphatic heterocycles. The van der Waals surface area contributed by atoms with Gasteiger partial charge in [-0.3, -0.25) is 0 Å². The van der Waals surface area contributed by atoms with Crippen molar-refractivity contribution in [2.24, 2.45) is 0 Å². The minimum absolute atomic E-state index is 0. The van der Waals surface area contributed by atoms with Gasteiger partial charge in [0.25, 0.3) is 0 Å². The number of hydrogen-bond acceptors (Lipinski definition) is 0. The van der Waals surface area contributed by atoms with Gasteiger partial charge in [0.15, 0.2) is 0 Å². The zero-order valence-corrected chi connectivity index (χ0v) is 10.4. The van der Waals surface area contributed by atoms with Gasteiger partial charge in [-0.25, -0.2) is 0 Å². The molecule has 0 heterocycles. The second-order valence-corrected chi connectivity index (χ2v) is 3.55. The van der Waals surface area contributed by atoms with Crippen molar-refractivity contribution in [2.45, 2.75) is 0 Å². The Bertz CT molecular complexity index is 494. The molecule has 0 aliphatic rings. The van der Waals surface area contributed by atoms with Crippen LogP contribution >= 0.6 is 0 Å². The van der Waals surface area contributed by atoms with Crippen molar-refractivity contribution in [3.8, 4) is 0 Å². The molecular formula is C14H10Pt. The molecule has 0 atom stereocenters. The van der Waals surface area contributed by atoms with Crippen LogP contribution in [0.4, 0.5) is 0 Å². The van der Waals surface area contributed by atoms with Gasteiger partial charge in [-0.05, 0) is 33.7 Å². The molecule has 0 amide bonds. The first-order chi connectivity index (χ1) is 6.93. The largest absolute Gasteiger partial charge is 0.0616 e. The van der Waals surface area contributed by atoms with E-state index in [1.807, 2.05) is 0 Å².